The maximum Gasteiger partial charge on any atom is 0.313 e. The van der Waals surface area contributed by atoms with Gasteiger partial charge in [-0.25, -0.2) is 13.0 Å². The fraction of sp³-hybridized carbons (Fsp3) is 0.500. The van der Waals surface area contributed by atoms with Gasteiger partial charge in [-0.05, 0) is 132 Å². The maximum atomic E-state index is 13.8. The van der Waals surface area contributed by atoms with Crippen molar-refractivity contribution in [1.82, 2.24) is 18.8 Å². The zero-order valence-corrected chi connectivity index (χ0v) is 52.2. The second kappa shape index (κ2) is 40.0. The van der Waals surface area contributed by atoms with E-state index in [1.54, 1.807) is 37.7 Å². The number of anilines is 1. The first kappa shape index (κ1) is 70.1. The fourth-order valence-corrected chi connectivity index (χ4v) is 11.0. The van der Waals surface area contributed by atoms with Crippen LogP contribution < -0.4 is 16.4 Å². The van der Waals surface area contributed by atoms with Crippen LogP contribution in [0, 0.1) is 11.3 Å². The number of piperidine rings is 1. The van der Waals surface area contributed by atoms with Gasteiger partial charge in [0.1, 0.15) is 17.3 Å². The van der Waals surface area contributed by atoms with Crippen molar-refractivity contribution in [1.29, 1.82) is 0 Å². The van der Waals surface area contributed by atoms with Gasteiger partial charge >= 0.3 is 5.97 Å². The van der Waals surface area contributed by atoms with Gasteiger partial charge in [0, 0.05) is 106 Å². The third-order valence-corrected chi connectivity index (χ3v) is 15.9. The molecule has 2 aromatic heterocycles. The molecule has 3 aromatic carbocycles. The summed E-state index contributed by atoms with van der Waals surface area (Å²) in [6.45, 7) is 24.5. The molecule has 2 fully saturated rings. The van der Waals surface area contributed by atoms with Gasteiger partial charge in [0.25, 0.3) is 0 Å². The van der Waals surface area contributed by atoms with Crippen LogP contribution in [0.4, 0.5) is 17.1 Å². The first-order chi connectivity index (χ1) is 40.2. The normalized spacial score (nSPS) is 14.8. The van der Waals surface area contributed by atoms with E-state index in [-0.39, 0.29) is 12.8 Å². The lowest BCUT2D eigenvalue weighted by Crippen LogP contribution is -2.47. The number of thioether (sulfide) groups is 1. The summed E-state index contributed by atoms with van der Waals surface area (Å²) in [5.41, 5.74) is 16.1. The van der Waals surface area contributed by atoms with E-state index >= 15 is 0 Å². The molecule has 0 radical (unpaired) electrons. The van der Waals surface area contributed by atoms with E-state index < -0.39 is 16.4 Å². The summed E-state index contributed by atoms with van der Waals surface area (Å²) in [4.78, 5) is 37.2. The number of aliphatic imine (C=N–C) groups is 2. The standard InChI is InChI=1S/C44H58ClN7O6S.C10H13NS.C7H14O3.CH5N/c45-39(33-46)35-47-40-7-9-41(10-8-40)50-20-18-49(19-21-50)22-25-56-27-29-58-31-30-57-28-26-55-24-3-4-36-11-15-51(16-12-36)59(54)44-6-2-1-5-42(44)37-13-17-52-43(32-37)38(14-23-53)34-48-52;1-8(2)12-10-7-5-4-6-9(10)11-3;1-7(2,3)6(8)10-5-9-4;1-2/h1-2,5-10,13,17,23,32-36H,3-4,11-12,14-16,18-22,24-31,46H2;4-8H,3H2,1-2H3;5H2,1-4H3;2H2,1H3/b39-33-,47-35?;;;. The minimum atomic E-state index is -1.26. The van der Waals surface area contributed by atoms with Crippen LogP contribution in [0.2, 0.25) is 0 Å². The summed E-state index contributed by atoms with van der Waals surface area (Å²) in [6.07, 6.45) is 11.9. The smallest absolute Gasteiger partial charge is 0.313 e. The first-order valence-corrected chi connectivity index (χ1v) is 30.7. The number of nitrogens with zero attached hydrogens (tertiary/aromatic N) is 7. The quantitative estimate of drug-likeness (QED) is 0.0114. The molecule has 2 aliphatic heterocycles. The number of methoxy groups -OCH3 is 1. The van der Waals surface area contributed by atoms with Gasteiger partial charge in [-0.15, -0.1) is 11.8 Å². The number of esters is 1. The third kappa shape index (κ3) is 25.8. The Bertz CT molecular complexity index is 2730. The molecule has 21 heteroatoms. The van der Waals surface area contributed by atoms with E-state index in [1.165, 1.54) is 30.9 Å². The maximum absolute atomic E-state index is 13.8. The number of rotatable bonds is 29. The highest BCUT2D eigenvalue weighted by atomic mass is 35.5. The lowest BCUT2D eigenvalue weighted by molar-refractivity contribution is -0.163. The van der Waals surface area contributed by atoms with Gasteiger partial charge in [-0.2, -0.15) is 5.10 Å². The van der Waals surface area contributed by atoms with Crippen LogP contribution in [-0.4, -0.2) is 173 Å². The van der Waals surface area contributed by atoms with Crippen molar-refractivity contribution < 1.29 is 42.2 Å². The molecule has 2 aliphatic rings. The second-order valence-electron chi connectivity index (χ2n) is 20.5. The number of piperazine rings is 1. The molecule has 83 heavy (non-hydrogen) atoms. The number of benzene rings is 3. The number of allylic oxidation sites excluding steroid dienone is 1. The Morgan fingerprint density at radius 2 is 1.49 bits per heavy atom. The molecule has 0 saturated carbocycles. The van der Waals surface area contributed by atoms with Gasteiger partial charge < -0.3 is 49.6 Å². The van der Waals surface area contributed by atoms with Crippen molar-refractivity contribution in [3.63, 3.8) is 0 Å². The number of fused-ring (bicyclic) bond motifs is 1. The zero-order valence-electron chi connectivity index (χ0n) is 49.8. The third-order valence-electron chi connectivity index (χ3n) is 13.1. The molecular formula is C62H90ClN9O9S2. The molecule has 4 heterocycles. The summed E-state index contributed by atoms with van der Waals surface area (Å²) in [6, 6.07) is 28.1. The molecule has 0 aliphatic carbocycles. The zero-order chi connectivity index (χ0) is 60.2. The number of halogens is 1. The number of hydrogen-bond acceptors (Lipinski definition) is 17. The number of nitrogens with two attached hydrogens (primary N) is 2. The Labute approximate surface area is 504 Å². The van der Waals surface area contributed by atoms with Gasteiger partial charge in [-0.1, -0.05) is 55.8 Å². The summed E-state index contributed by atoms with van der Waals surface area (Å²) in [7, 11) is 1.72. The SMILES string of the molecule is C=Nc1ccccc1SC(C)C.CN.COCOC(=O)C(C)(C)C.N/C=C(\Cl)C=Nc1ccc(N2CCN(CCOCCOCCOCCOCCCC3CCN(S(=O)c4ccccc4-c4ccn5ncc(CC=O)c5c4)CC3)CC2)cc1. The van der Waals surface area contributed by atoms with Crippen molar-refractivity contribution >= 4 is 82.1 Å². The summed E-state index contributed by atoms with van der Waals surface area (Å²) in [5, 5.41) is 5.35. The number of carbonyl (C=O) groups excluding carboxylic acids is 2. The minimum absolute atomic E-state index is 0.0378. The summed E-state index contributed by atoms with van der Waals surface area (Å²) < 4.78 is 49.9. The molecular weight excluding hydrogens is 1110 g/mol. The highest BCUT2D eigenvalue weighted by Crippen LogP contribution is 2.33. The van der Waals surface area contributed by atoms with Crippen LogP contribution in [-0.2, 0) is 55.4 Å². The number of hydrogen-bond donors (Lipinski definition) is 2. The Morgan fingerprint density at radius 1 is 0.867 bits per heavy atom. The predicted octanol–water partition coefficient (Wildman–Crippen LogP) is 10.2. The molecule has 4 N–H and O–H groups in total. The van der Waals surface area contributed by atoms with Crippen LogP contribution in [0.3, 0.4) is 0 Å². The molecule has 1 unspecified atom stereocenters. The van der Waals surface area contributed by atoms with Crippen LogP contribution in [0.5, 0.6) is 0 Å². The topological polar surface area (TPSA) is 210 Å². The Morgan fingerprint density at radius 3 is 2.11 bits per heavy atom. The van der Waals surface area contributed by atoms with Crippen molar-refractivity contribution in [2.75, 3.05) is 125 Å². The summed E-state index contributed by atoms with van der Waals surface area (Å²) in [5.74, 6) is 0.369. The van der Waals surface area contributed by atoms with E-state index in [2.05, 4.69) is 78.4 Å². The number of pyridine rings is 1. The number of ether oxygens (including phenoxy) is 6. The van der Waals surface area contributed by atoms with Crippen LogP contribution in [0.1, 0.15) is 65.9 Å². The lowest BCUT2D eigenvalue weighted by atomic mass is 9.93. The van der Waals surface area contributed by atoms with Gasteiger partial charge in [0.15, 0.2) is 6.79 Å². The van der Waals surface area contributed by atoms with Crippen LogP contribution in [0.25, 0.3) is 16.6 Å². The molecule has 456 valence electrons. The largest absolute Gasteiger partial charge is 0.438 e. The second-order valence-corrected chi connectivity index (χ2v) is 24.0. The fourth-order valence-electron chi connectivity index (χ4n) is 8.66. The monoisotopic (exact) mass is 1200 g/mol. The van der Waals surface area contributed by atoms with Crippen LogP contribution >= 0.6 is 23.4 Å². The molecule has 0 amide bonds. The van der Waals surface area contributed by atoms with Gasteiger partial charge in [-0.3, -0.25) is 19.7 Å². The van der Waals surface area contributed by atoms with Crippen LogP contribution in [0.15, 0.2) is 128 Å². The van der Waals surface area contributed by atoms with Gasteiger partial charge in [0.2, 0.25) is 0 Å². The van der Waals surface area contributed by atoms with E-state index in [4.69, 9.17) is 41.0 Å². The Hall–Kier alpha value is -5.36. The molecule has 1 atom stereocenters. The minimum Gasteiger partial charge on any atom is -0.438 e. The molecule has 0 bridgehead atoms. The first-order valence-electron chi connectivity index (χ1n) is 28.4. The van der Waals surface area contributed by atoms with E-state index in [0.29, 0.717) is 68.9 Å². The number of aldehydes is 1. The molecule has 0 spiro atoms. The highest BCUT2D eigenvalue weighted by molar-refractivity contribution is 8.00. The number of carbonyl (C=O) groups is 2. The van der Waals surface area contributed by atoms with E-state index in [1.807, 2.05) is 84.7 Å². The average molecular weight is 1210 g/mol. The van der Waals surface area contributed by atoms with E-state index in [9.17, 15) is 13.8 Å². The van der Waals surface area contributed by atoms with Crippen molar-refractivity contribution in [3.05, 3.63) is 114 Å². The van der Waals surface area contributed by atoms with E-state index in [0.717, 1.165) is 123 Å². The van der Waals surface area contributed by atoms with Gasteiger partial charge in [0.05, 0.1) is 84.7 Å². The van der Waals surface area contributed by atoms with Crippen molar-refractivity contribution in [2.45, 2.75) is 81.8 Å². The molecule has 7 rings (SSSR count). The van der Waals surface area contributed by atoms with Crippen molar-refractivity contribution in [3.8, 4) is 11.1 Å². The average Bonchev–Trinajstić information content (AvgIpc) is 4.21. The Kier molecular flexibility index (Phi) is 33.8. The number of para-hydroxylation sites is 1. The lowest BCUT2D eigenvalue weighted by Gasteiger charge is -2.36. The summed E-state index contributed by atoms with van der Waals surface area (Å²) >= 11 is 7.69. The molecule has 18 nitrogen and oxygen atoms in total. The molecule has 5 aromatic rings. The van der Waals surface area contributed by atoms with Crippen molar-refractivity contribution in [2.24, 2.45) is 32.8 Å². The predicted molar refractivity (Wildman–Crippen MR) is 339 cm³/mol. The Balaban J connectivity index is 0.000000511. The highest BCUT2D eigenvalue weighted by Gasteiger charge is 2.26. The molecule has 2 saturated heterocycles. The number of aromatic nitrogens is 2.